The van der Waals surface area contributed by atoms with Crippen LogP contribution in [0.4, 0.5) is 13.2 Å². The van der Waals surface area contributed by atoms with Crippen molar-refractivity contribution in [3.63, 3.8) is 0 Å². The normalized spacial score (nSPS) is 10.8. The maximum atomic E-state index is 14.5. The molecule has 0 saturated carbocycles. The van der Waals surface area contributed by atoms with E-state index in [1.54, 1.807) is 48.5 Å². The van der Waals surface area contributed by atoms with E-state index in [4.69, 9.17) is 0 Å². The quantitative estimate of drug-likeness (QED) is 0.431. The van der Waals surface area contributed by atoms with Crippen LogP contribution in [0.2, 0.25) is 0 Å². The number of carbonyl (C=O) groups is 1. The minimum absolute atomic E-state index is 0.205. The minimum Gasteiger partial charge on any atom is -0.298 e. The zero-order valence-corrected chi connectivity index (χ0v) is 13.7. The second-order valence-electron chi connectivity index (χ2n) is 5.96. The van der Waals surface area contributed by atoms with Crippen LogP contribution in [-0.2, 0) is 0 Å². The van der Waals surface area contributed by atoms with E-state index in [9.17, 15) is 18.0 Å². The summed E-state index contributed by atoms with van der Waals surface area (Å²) in [5, 5.41) is 0. The Morgan fingerprint density at radius 2 is 1.00 bits per heavy atom. The van der Waals surface area contributed by atoms with E-state index < -0.39 is 17.5 Å². The lowest BCUT2D eigenvalue weighted by Gasteiger charge is -2.15. The zero-order valence-electron chi connectivity index (χ0n) is 13.7. The van der Waals surface area contributed by atoms with Gasteiger partial charge in [0.05, 0.1) is 0 Å². The fraction of sp³-hybridized carbons (Fsp3) is 0.0952. The van der Waals surface area contributed by atoms with Gasteiger partial charge in [-0.1, -0.05) is 59.7 Å². The average molecular weight is 340 g/mol. The van der Waals surface area contributed by atoms with Gasteiger partial charge in [-0.05, 0) is 25.0 Å². The van der Waals surface area contributed by atoms with Gasteiger partial charge in [-0.3, -0.25) is 4.79 Å². The Labute approximate surface area is 143 Å². The standard InChI is InChI=1S/C21H15F3O/c1-12-3-7-14(8-4-12)17-16(11-25)18(20(23)21(24)19(17)22)15-9-5-13(2)6-10-15/h3-11H,1-2H3. The molecule has 0 fully saturated rings. The van der Waals surface area contributed by atoms with Gasteiger partial charge in [0.25, 0.3) is 0 Å². The summed E-state index contributed by atoms with van der Waals surface area (Å²) in [6.07, 6.45) is 0.371. The predicted octanol–water partition coefficient (Wildman–Crippen LogP) is 5.87. The van der Waals surface area contributed by atoms with Crippen molar-refractivity contribution < 1.29 is 18.0 Å². The van der Waals surface area contributed by atoms with Crippen LogP contribution in [0.25, 0.3) is 22.3 Å². The largest absolute Gasteiger partial charge is 0.298 e. The van der Waals surface area contributed by atoms with Crippen LogP contribution in [0.5, 0.6) is 0 Å². The minimum atomic E-state index is -1.59. The first kappa shape index (κ1) is 17.0. The molecule has 3 aromatic rings. The van der Waals surface area contributed by atoms with Crippen molar-refractivity contribution in [1.82, 2.24) is 0 Å². The first-order valence-corrected chi connectivity index (χ1v) is 7.73. The molecule has 0 aliphatic carbocycles. The number of aldehydes is 1. The van der Waals surface area contributed by atoms with Gasteiger partial charge < -0.3 is 0 Å². The topological polar surface area (TPSA) is 17.1 Å². The molecular formula is C21H15F3O. The summed E-state index contributed by atoms with van der Waals surface area (Å²) < 4.78 is 43.2. The Bertz CT molecular complexity index is 870. The molecule has 1 nitrogen and oxygen atoms in total. The molecule has 0 amide bonds. The molecule has 0 saturated heterocycles. The molecule has 0 atom stereocenters. The van der Waals surface area contributed by atoms with E-state index in [0.29, 0.717) is 17.4 Å². The third-order valence-electron chi connectivity index (χ3n) is 4.16. The van der Waals surface area contributed by atoms with Crippen LogP contribution in [0.3, 0.4) is 0 Å². The number of rotatable bonds is 3. The van der Waals surface area contributed by atoms with E-state index in [0.717, 1.165) is 11.1 Å². The monoisotopic (exact) mass is 340 g/mol. The number of hydrogen-bond donors (Lipinski definition) is 0. The molecule has 3 rings (SSSR count). The lowest BCUT2D eigenvalue weighted by Crippen LogP contribution is -2.05. The summed E-state index contributed by atoms with van der Waals surface area (Å²) in [6, 6.07) is 13.2. The SMILES string of the molecule is Cc1ccc(-c2c(F)c(F)c(F)c(-c3ccc(C)cc3)c2C=O)cc1. The molecule has 0 spiro atoms. The fourth-order valence-corrected chi connectivity index (χ4v) is 2.80. The summed E-state index contributed by atoms with van der Waals surface area (Å²) in [5.74, 6) is -4.31. The van der Waals surface area contributed by atoms with Gasteiger partial charge in [-0.15, -0.1) is 0 Å². The van der Waals surface area contributed by atoms with E-state index in [1.807, 2.05) is 13.8 Å². The Kier molecular flexibility index (Phi) is 4.45. The van der Waals surface area contributed by atoms with Crippen LogP contribution in [0.1, 0.15) is 21.5 Å². The van der Waals surface area contributed by atoms with Crippen LogP contribution in [0, 0.1) is 31.3 Å². The Morgan fingerprint density at radius 3 is 1.32 bits per heavy atom. The van der Waals surface area contributed by atoms with Crippen LogP contribution >= 0.6 is 0 Å². The smallest absolute Gasteiger partial charge is 0.195 e. The number of aryl methyl sites for hydroxylation is 2. The molecule has 0 radical (unpaired) electrons. The third-order valence-corrected chi connectivity index (χ3v) is 4.16. The Hall–Kier alpha value is -2.88. The second kappa shape index (κ2) is 6.55. The highest BCUT2D eigenvalue weighted by Crippen LogP contribution is 2.37. The van der Waals surface area contributed by atoms with Crippen molar-refractivity contribution in [2.75, 3.05) is 0 Å². The predicted molar refractivity (Wildman–Crippen MR) is 92.0 cm³/mol. The number of halogens is 3. The fourth-order valence-electron chi connectivity index (χ4n) is 2.80. The summed E-state index contributed by atoms with van der Waals surface area (Å²) in [5.41, 5.74) is 1.82. The van der Waals surface area contributed by atoms with Crippen LogP contribution < -0.4 is 0 Å². The van der Waals surface area contributed by atoms with Crippen molar-refractivity contribution >= 4 is 6.29 Å². The molecule has 0 bridgehead atoms. The molecule has 0 aliphatic heterocycles. The Balaban J connectivity index is 2.38. The maximum absolute atomic E-state index is 14.5. The average Bonchev–Trinajstić information content (AvgIpc) is 2.61. The van der Waals surface area contributed by atoms with Crippen molar-refractivity contribution in [2.45, 2.75) is 13.8 Å². The molecule has 25 heavy (non-hydrogen) atoms. The first-order valence-electron chi connectivity index (χ1n) is 7.73. The van der Waals surface area contributed by atoms with Crippen molar-refractivity contribution in [1.29, 1.82) is 0 Å². The molecular weight excluding hydrogens is 325 g/mol. The number of hydrogen-bond acceptors (Lipinski definition) is 1. The lowest BCUT2D eigenvalue weighted by molar-refractivity contribution is 0.112. The van der Waals surface area contributed by atoms with Gasteiger partial charge in [-0.25, -0.2) is 13.2 Å². The summed E-state index contributed by atoms with van der Waals surface area (Å²) in [7, 11) is 0. The van der Waals surface area contributed by atoms with Gasteiger partial charge in [0, 0.05) is 16.7 Å². The summed E-state index contributed by atoms with van der Waals surface area (Å²) in [6.45, 7) is 3.70. The molecule has 4 heteroatoms. The number of benzene rings is 3. The van der Waals surface area contributed by atoms with Gasteiger partial charge in [0.2, 0.25) is 0 Å². The molecule has 0 aliphatic rings. The van der Waals surface area contributed by atoms with Gasteiger partial charge >= 0.3 is 0 Å². The highest BCUT2D eigenvalue weighted by atomic mass is 19.2. The molecule has 0 N–H and O–H groups in total. The molecule has 3 aromatic carbocycles. The first-order chi connectivity index (χ1) is 11.9. The lowest BCUT2D eigenvalue weighted by atomic mass is 9.90. The summed E-state index contributed by atoms with van der Waals surface area (Å²) >= 11 is 0. The van der Waals surface area contributed by atoms with Crippen molar-refractivity contribution in [3.8, 4) is 22.3 Å². The van der Waals surface area contributed by atoms with E-state index in [-0.39, 0.29) is 16.7 Å². The number of carbonyl (C=O) groups excluding carboxylic acids is 1. The molecule has 0 aromatic heterocycles. The van der Waals surface area contributed by atoms with Crippen molar-refractivity contribution in [3.05, 3.63) is 82.7 Å². The van der Waals surface area contributed by atoms with Crippen molar-refractivity contribution in [2.24, 2.45) is 0 Å². The van der Waals surface area contributed by atoms with Gasteiger partial charge in [0.15, 0.2) is 23.7 Å². The van der Waals surface area contributed by atoms with Gasteiger partial charge in [-0.2, -0.15) is 0 Å². The molecule has 0 heterocycles. The highest BCUT2D eigenvalue weighted by molar-refractivity contribution is 5.97. The highest BCUT2D eigenvalue weighted by Gasteiger charge is 2.26. The molecule has 126 valence electrons. The zero-order chi connectivity index (χ0) is 18.1. The van der Waals surface area contributed by atoms with Gasteiger partial charge in [0.1, 0.15) is 0 Å². The maximum Gasteiger partial charge on any atom is 0.195 e. The third kappa shape index (κ3) is 2.95. The van der Waals surface area contributed by atoms with E-state index in [2.05, 4.69) is 0 Å². The van der Waals surface area contributed by atoms with E-state index in [1.165, 1.54) is 0 Å². The van der Waals surface area contributed by atoms with Crippen LogP contribution in [-0.4, -0.2) is 6.29 Å². The molecule has 0 unspecified atom stereocenters. The van der Waals surface area contributed by atoms with E-state index >= 15 is 0 Å². The van der Waals surface area contributed by atoms with Crippen LogP contribution in [0.15, 0.2) is 48.5 Å². The second-order valence-corrected chi connectivity index (χ2v) is 5.96. The Morgan fingerprint density at radius 1 is 0.640 bits per heavy atom. The summed E-state index contributed by atoms with van der Waals surface area (Å²) in [4.78, 5) is 11.7.